The number of rotatable bonds is 8. The molecule has 0 fully saturated rings. The number of aromatic nitrogens is 1. The molecule has 0 radical (unpaired) electrons. The first-order chi connectivity index (χ1) is 13.2. The van der Waals surface area contributed by atoms with Gasteiger partial charge in [-0.2, -0.15) is 0 Å². The van der Waals surface area contributed by atoms with Gasteiger partial charge in [-0.05, 0) is 35.4 Å². The molecule has 3 aromatic rings. The molecule has 0 aliphatic carbocycles. The maximum atomic E-state index is 13.8. The van der Waals surface area contributed by atoms with Crippen LogP contribution in [0, 0.1) is 5.82 Å². The molecule has 0 amide bonds. The minimum Gasteiger partial charge on any atom is -0.493 e. The summed E-state index contributed by atoms with van der Waals surface area (Å²) in [5.41, 5.74) is 2.65. The van der Waals surface area contributed by atoms with E-state index in [9.17, 15) is 4.39 Å². The van der Waals surface area contributed by atoms with Crippen LogP contribution in [0.15, 0.2) is 65.4 Å². The van der Waals surface area contributed by atoms with Gasteiger partial charge in [0.05, 0.1) is 7.11 Å². The lowest BCUT2D eigenvalue weighted by molar-refractivity contribution is 0.279. The molecule has 3 rings (SSSR count). The second-order valence-corrected chi connectivity index (χ2v) is 6.79. The Hall–Kier alpha value is -2.44. The Morgan fingerprint density at radius 1 is 1.04 bits per heavy atom. The van der Waals surface area contributed by atoms with Crippen molar-refractivity contribution < 1.29 is 13.9 Å². The first kappa shape index (κ1) is 19.3. The van der Waals surface area contributed by atoms with E-state index in [1.54, 1.807) is 31.5 Å². The largest absolute Gasteiger partial charge is 0.493 e. The number of hydrogen-bond acceptors (Lipinski definition) is 4. The van der Waals surface area contributed by atoms with Crippen molar-refractivity contribution in [1.82, 2.24) is 10.3 Å². The van der Waals surface area contributed by atoms with Crippen LogP contribution in [-0.4, -0.2) is 12.1 Å². The molecule has 0 bridgehead atoms. The number of methoxy groups -OCH3 is 1. The predicted octanol–water partition coefficient (Wildman–Crippen LogP) is 4.86. The van der Waals surface area contributed by atoms with Gasteiger partial charge in [0.1, 0.15) is 12.4 Å². The van der Waals surface area contributed by atoms with E-state index in [0.717, 1.165) is 15.6 Å². The molecule has 1 N–H and O–H groups in total. The van der Waals surface area contributed by atoms with E-state index in [1.165, 1.54) is 6.07 Å². The van der Waals surface area contributed by atoms with Crippen molar-refractivity contribution in [3.05, 3.63) is 87.9 Å². The summed E-state index contributed by atoms with van der Waals surface area (Å²) in [4.78, 5) is 4.11. The van der Waals surface area contributed by atoms with E-state index in [1.807, 2.05) is 30.5 Å². The summed E-state index contributed by atoms with van der Waals surface area (Å²) in [6, 6.07) is 14.3. The third-order valence-corrected chi connectivity index (χ3v) is 4.78. The number of nitrogens with zero attached hydrogens (tertiary/aromatic N) is 1. The van der Waals surface area contributed by atoms with Gasteiger partial charge in [-0.3, -0.25) is 4.98 Å². The third kappa shape index (κ3) is 5.28. The van der Waals surface area contributed by atoms with E-state index in [0.29, 0.717) is 30.2 Å². The van der Waals surface area contributed by atoms with Crippen LogP contribution in [-0.2, 0) is 19.7 Å². The summed E-state index contributed by atoms with van der Waals surface area (Å²) in [6.07, 6.45) is 3.59. The Balaban J connectivity index is 1.66. The van der Waals surface area contributed by atoms with Crippen molar-refractivity contribution in [3.63, 3.8) is 0 Å². The number of pyridine rings is 1. The SMILES string of the molecule is COc1cc(CNCc2cccnc2)c(Br)cc1OCc1ccccc1F. The van der Waals surface area contributed by atoms with E-state index in [4.69, 9.17) is 9.47 Å². The summed E-state index contributed by atoms with van der Waals surface area (Å²) in [7, 11) is 1.59. The number of hydrogen-bond donors (Lipinski definition) is 1. The molecule has 2 aromatic carbocycles. The molecule has 0 spiro atoms. The van der Waals surface area contributed by atoms with Crippen molar-refractivity contribution in [2.75, 3.05) is 7.11 Å². The van der Waals surface area contributed by atoms with Gasteiger partial charge in [-0.1, -0.05) is 40.2 Å². The summed E-state index contributed by atoms with van der Waals surface area (Å²) in [6.45, 7) is 1.50. The third-order valence-electron chi connectivity index (χ3n) is 4.04. The summed E-state index contributed by atoms with van der Waals surface area (Å²) in [5, 5.41) is 3.38. The lowest BCUT2D eigenvalue weighted by Crippen LogP contribution is -2.13. The summed E-state index contributed by atoms with van der Waals surface area (Å²) in [5.74, 6) is 0.878. The first-order valence-electron chi connectivity index (χ1n) is 8.49. The van der Waals surface area contributed by atoms with Crippen LogP contribution in [0.5, 0.6) is 11.5 Å². The van der Waals surface area contributed by atoms with Crippen molar-refractivity contribution in [3.8, 4) is 11.5 Å². The highest BCUT2D eigenvalue weighted by Crippen LogP contribution is 2.34. The van der Waals surface area contributed by atoms with Gasteiger partial charge in [0.2, 0.25) is 0 Å². The normalized spacial score (nSPS) is 10.6. The lowest BCUT2D eigenvalue weighted by atomic mass is 10.2. The Bertz CT molecular complexity index is 891. The fraction of sp³-hybridized carbons (Fsp3) is 0.190. The molecule has 0 saturated heterocycles. The van der Waals surface area contributed by atoms with E-state index in [2.05, 4.69) is 26.2 Å². The molecular formula is C21H20BrFN2O2. The van der Waals surface area contributed by atoms with Crippen molar-refractivity contribution >= 4 is 15.9 Å². The van der Waals surface area contributed by atoms with Crippen LogP contribution >= 0.6 is 15.9 Å². The molecular weight excluding hydrogens is 411 g/mol. The molecule has 1 aromatic heterocycles. The Kier molecular flexibility index (Phi) is 6.79. The van der Waals surface area contributed by atoms with Crippen molar-refractivity contribution in [2.24, 2.45) is 0 Å². The molecule has 0 aliphatic rings. The van der Waals surface area contributed by atoms with Gasteiger partial charge >= 0.3 is 0 Å². The van der Waals surface area contributed by atoms with Gasteiger partial charge in [0.25, 0.3) is 0 Å². The van der Waals surface area contributed by atoms with Crippen LogP contribution in [0.2, 0.25) is 0 Å². The van der Waals surface area contributed by atoms with Gasteiger partial charge in [0, 0.05) is 35.5 Å². The van der Waals surface area contributed by atoms with Gasteiger partial charge in [-0.15, -0.1) is 0 Å². The minimum absolute atomic E-state index is 0.133. The zero-order valence-electron chi connectivity index (χ0n) is 14.9. The molecule has 4 nitrogen and oxygen atoms in total. The zero-order chi connectivity index (χ0) is 19.1. The van der Waals surface area contributed by atoms with Gasteiger partial charge in [0.15, 0.2) is 11.5 Å². The van der Waals surface area contributed by atoms with E-state index < -0.39 is 0 Å². The minimum atomic E-state index is -0.285. The molecule has 1 heterocycles. The topological polar surface area (TPSA) is 43.4 Å². The molecule has 140 valence electrons. The average Bonchev–Trinajstić information content (AvgIpc) is 2.69. The molecule has 0 unspecified atom stereocenters. The van der Waals surface area contributed by atoms with E-state index in [-0.39, 0.29) is 12.4 Å². The number of ether oxygens (including phenoxy) is 2. The predicted molar refractivity (Wildman–Crippen MR) is 106 cm³/mol. The van der Waals surface area contributed by atoms with Gasteiger partial charge < -0.3 is 14.8 Å². The van der Waals surface area contributed by atoms with Crippen molar-refractivity contribution in [2.45, 2.75) is 19.7 Å². The fourth-order valence-electron chi connectivity index (χ4n) is 2.60. The molecule has 27 heavy (non-hydrogen) atoms. The number of nitrogens with one attached hydrogen (secondary N) is 1. The lowest BCUT2D eigenvalue weighted by Gasteiger charge is -2.15. The number of halogens is 2. The van der Waals surface area contributed by atoms with Crippen LogP contribution in [0.3, 0.4) is 0 Å². The summed E-state index contributed by atoms with van der Waals surface area (Å²) >= 11 is 3.58. The van der Waals surface area contributed by atoms with Gasteiger partial charge in [-0.25, -0.2) is 4.39 Å². The maximum absolute atomic E-state index is 13.8. The van der Waals surface area contributed by atoms with Crippen LogP contribution in [0.1, 0.15) is 16.7 Å². The highest BCUT2D eigenvalue weighted by molar-refractivity contribution is 9.10. The standard InChI is InChI=1S/C21H20BrFN2O2/c1-26-20-9-17(13-25-12-15-5-4-8-24-11-15)18(22)10-21(20)27-14-16-6-2-3-7-19(16)23/h2-11,25H,12-14H2,1H3. The average molecular weight is 431 g/mol. The molecule has 6 heteroatoms. The molecule has 0 atom stereocenters. The van der Waals surface area contributed by atoms with Crippen LogP contribution < -0.4 is 14.8 Å². The van der Waals surface area contributed by atoms with Crippen molar-refractivity contribution in [1.29, 1.82) is 0 Å². The monoisotopic (exact) mass is 430 g/mol. The second-order valence-electron chi connectivity index (χ2n) is 5.94. The Morgan fingerprint density at radius 2 is 1.89 bits per heavy atom. The highest BCUT2D eigenvalue weighted by atomic mass is 79.9. The smallest absolute Gasteiger partial charge is 0.162 e. The zero-order valence-corrected chi connectivity index (χ0v) is 16.5. The number of benzene rings is 2. The first-order valence-corrected chi connectivity index (χ1v) is 9.29. The fourth-order valence-corrected chi connectivity index (χ4v) is 3.06. The Labute approximate surface area is 166 Å². The highest BCUT2D eigenvalue weighted by Gasteiger charge is 2.11. The Morgan fingerprint density at radius 3 is 2.63 bits per heavy atom. The van der Waals surface area contributed by atoms with E-state index >= 15 is 0 Å². The maximum Gasteiger partial charge on any atom is 0.162 e. The summed E-state index contributed by atoms with van der Waals surface area (Å²) < 4.78 is 25.9. The molecule has 0 saturated carbocycles. The molecule has 0 aliphatic heterocycles. The van der Waals surface area contributed by atoms with Crippen LogP contribution in [0.25, 0.3) is 0 Å². The van der Waals surface area contributed by atoms with Crippen LogP contribution in [0.4, 0.5) is 4.39 Å². The quantitative estimate of drug-likeness (QED) is 0.553. The second kappa shape index (κ2) is 9.48.